The van der Waals surface area contributed by atoms with E-state index in [0.717, 1.165) is 10.4 Å². The molecule has 0 aliphatic heterocycles. The summed E-state index contributed by atoms with van der Waals surface area (Å²) in [5.41, 5.74) is 1.07. The van der Waals surface area contributed by atoms with Gasteiger partial charge in [-0.05, 0) is 30.5 Å². The molecular formula is C18H18N2O3S. The highest BCUT2D eigenvalue weighted by atomic mass is 32.1. The van der Waals surface area contributed by atoms with Crippen molar-refractivity contribution >= 4 is 17.2 Å². The van der Waals surface area contributed by atoms with Gasteiger partial charge in [0.05, 0.1) is 19.2 Å². The van der Waals surface area contributed by atoms with E-state index in [9.17, 15) is 4.79 Å². The lowest BCUT2D eigenvalue weighted by Crippen LogP contribution is -2.30. The molecule has 0 spiro atoms. The highest BCUT2D eigenvalue weighted by Crippen LogP contribution is 2.30. The molecular weight excluding hydrogens is 324 g/mol. The number of carbonyl (C=O) groups is 1. The summed E-state index contributed by atoms with van der Waals surface area (Å²) < 4.78 is 10.7. The zero-order valence-electron chi connectivity index (χ0n) is 13.6. The largest absolute Gasteiger partial charge is 0.496 e. The molecule has 0 saturated heterocycles. The Morgan fingerprint density at radius 3 is 2.83 bits per heavy atom. The second-order valence-electron chi connectivity index (χ2n) is 5.18. The van der Waals surface area contributed by atoms with Crippen LogP contribution in [0, 0.1) is 0 Å². The molecule has 5 nitrogen and oxygen atoms in total. The predicted octanol–water partition coefficient (Wildman–Crippen LogP) is 4.07. The van der Waals surface area contributed by atoms with Gasteiger partial charge in [0.15, 0.2) is 11.5 Å². The summed E-state index contributed by atoms with van der Waals surface area (Å²) >= 11 is 1.63. The monoisotopic (exact) mass is 342 g/mol. The third kappa shape index (κ3) is 3.33. The van der Waals surface area contributed by atoms with Crippen LogP contribution in [0.4, 0.5) is 0 Å². The molecule has 0 fully saturated rings. The molecule has 0 N–H and O–H groups in total. The number of ether oxygens (including phenoxy) is 1. The molecule has 0 atom stereocenters. The lowest BCUT2D eigenvalue weighted by Gasteiger charge is -2.18. The van der Waals surface area contributed by atoms with E-state index in [1.54, 1.807) is 29.4 Å². The Kier molecular flexibility index (Phi) is 4.96. The van der Waals surface area contributed by atoms with Crippen molar-refractivity contribution in [1.82, 2.24) is 10.1 Å². The van der Waals surface area contributed by atoms with Crippen molar-refractivity contribution in [3.63, 3.8) is 0 Å². The highest BCUT2D eigenvalue weighted by molar-refractivity contribution is 7.09. The van der Waals surface area contributed by atoms with Crippen LogP contribution in [0.25, 0.3) is 11.3 Å². The van der Waals surface area contributed by atoms with Crippen LogP contribution >= 0.6 is 11.3 Å². The van der Waals surface area contributed by atoms with Gasteiger partial charge in [-0.2, -0.15) is 0 Å². The van der Waals surface area contributed by atoms with E-state index >= 15 is 0 Å². The summed E-state index contributed by atoms with van der Waals surface area (Å²) in [6.45, 7) is 3.13. The van der Waals surface area contributed by atoms with E-state index in [4.69, 9.17) is 9.26 Å². The lowest BCUT2D eigenvalue weighted by molar-refractivity contribution is 0.0744. The molecule has 2 heterocycles. The van der Waals surface area contributed by atoms with Crippen LogP contribution in [-0.4, -0.2) is 29.6 Å². The molecule has 2 aromatic heterocycles. The molecule has 0 saturated carbocycles. The molecule has 1 amide bonds. The van der Waals surface area contributed by atoms with Crippen LogP contribution in [0.1, 0.15) is 22.3 Å². The van der Waals surface area contributed by atoms with Crippen LogP contribution in [0.3, 0.4) is 0 Å². The summed E-state index contributed by atoms with van der Waals surface area (Å²) in [6.07, 6.45) is 0. The third-order valence-electron chi connectivity index (χ3n) is 3.70. The molecule has 1 aromatic carbocycles. The summed E-state index contributed by atoms with van der Waals surface area (Å²) in [4.78, 5) is 15.6. The second kappa shape index (κ2) is 7.31. The van der Waals surface area contributed by atoms with Crippen LogP contribution < -0.4 is 4.74 Å². The maximum absolute atomic E-state index is 12.7. The van der Waals surface area contributed by atoms with Gasteiger partial charge in [0.2, 0.25) is 0 Å². The number of nitrogens with zero attached hydrogens (tertiary/aromatic N) is 2. The van der Waals surface area contributed by atoms with Gasteiger partial charge in [-0.15, -0.1) is 11.3 Å². The number of para-hydroxylation sites is 1. The Bertz CT molecular complexity index is 811. The fourth-order valence-electron chi connectivity index (χ4n) is 2.43. The third-order valence-corrected chi connectivity index (χ3v) is 4.56. The molecule has 3 rings (SSSR count). The first kappa shape index (κ1) is 16.3. The number of methoxy groups -OCH3 is 1. The number of hydrogen-bond acceptors (Lipinski definition) is 5. The number of carbonyl (C=O) groups excluding carboxylic acids is 1. The molecule has 124 valence electrons. The Morgan fingerprint density at radius 1 is 1.29 bits per heavy atom. The van der Waals surface area contributed by atoms with Crippen molar-refractivity contribution in [3.8, 4) is 17.1 Å². The lowest BCUT2D eigenvalue weighted by atomic mass is 10.1. The predicted molar refractivity (Wildman–Crippen MR) is 93.2 cm³/mol. The van der Waals surface area contributed by atoms with Gasteiger partial charge in [0.1, 0.15) is 5.75 Å². The first-order valence-electron chi connectivity index (χ1n) is 7.64. The normalized spacial score (nSPS) is 10.6. The van der Waals surface area contributed by atoms with Crippen molar-refractivity contribution < 1.29 is 14.1 Å². The fraction of sp³-hybridized carbons (Fsp3) is 0.222. The SMILES string of the molecule is CCN(Cc1cccs1)C(=O)c1cc(-c2ccccc2OC)on1. The van der Waals surface area contributed by atoms with E-state index in [2.05, 4.69) is 5.16 Å². The molecule has 3 aromatic rings. The van der Waals surface area contributed by atoms with Crippen LogP contribution in [-0.2, 0) is 6.54 Å². The van der Waals surface area contributed by atoms with Crippen LogP contribution in [0.15, 0.2) is 52.4 Å². The molecule has 24 heavy (non-hydrogen) atoms. The Labute approximate surface area is 144 Å². The van der Waals surface area contributed by atoms with Gasteiger partial charge in [-0.3, -0.25) is 4.79 Å². The second-order valence-corrected chi connectivity index (χ2v) is 6.21. The minimum Gasteiger partial charge on any atom is -0.496 e. The number of amides is 1. The Balaban J connectivity index is 1.82. The number of aromatic nitrogens is 1. The molecule has 6 heteroatoms. The van der Waals surface area contributed by atoms with Gasteiger partial charge in [-0.1, -0.05) is 23.4 Å². The van der Waals surface area contributed by atoms with E-state index < -0.39 is 0 Å². The molecule has 0 aliphatic carbocycles. The fourth-order valence-corrected chi connectivity index (χ4v) is 3.15. The van der Waals surface area contributed by atoms with Gasteiger partial charge in [0, 0.05) is 17.5 Å². The number of hydrogen-bond donors (Lipinski definition) is 0. The topological polar surface area (TPSA) is 55.6 Å². The number of rotatable bonds is 6. The summed E-state index contributed by atoms with van der Waals surface area (Å²) in [6, 6.07) is 13.1. The van der Waals surface area contributed by atoms with Crippen molar-refractivity contribution in [1.29, 1.82) is 0 Å². The molecule has 0 bridgehead atoms. The van der Waals surface area contributed by atoms with Crippen molar-refractivity contribution in [2.45, 2.75) is 13.5 Å². The zero-order chi connectivity index (χ0) is 16.9. The average Bonchev–Trinajstić information content (AvgIpc) is 3.30. The van der Waals surface area contributed by atoms with E-state index in [1.807, 2.05) is 48.7 Å². The maximum atomic E-state index is 12.7. The van der Waals surface area contributed by atoms with Gasteiger partial charge in [0.25, 0.3) is 5.91 Å². The highest BCUT2D eigenvalue weighted by Gasteiger charge is 2.21. The maximum Gasteiger partial charge on any atom is 0.276 e. The summed E-state index contributed by atoms with van der Waals surface area (Å²) in [5.74, 6) is 1.05. The Hall–Kier alpha value is -2.60. The van der Waals surface area contributed by atoms with Crippen molar-refractivity contribution in [2.24, 2.45) is 0 Å². The van der Waals surface area contributed by atoms with Crippen molar-refractivity contribution in [3.05, 3.63) is 58.4 Å². The van der Waals surface area contributed by atoms with Gasteiger partial charge in [-0.25, -0.2) is 0 Å². The Morgan fingerprint density at radius 2 is 2.12 bits per heavy atom. The molecule has 0 radical (unpaired) electrons. The van der Waals surface area contributed by atoms with Crippen LogP contribution in [0.5, 0.6) is 5.75 Å². The summed E-state index contributed by atoms with van der Waals surface area (Å²) in [5, 5.41) is 5.95. The first-order chi connectivity index (χ1) is 11.7. The first-order valence-corrected chi connectivity index (χ1v) is 8.52. The van der Waals surface area contributed by atoms with E-state index in [-0.39, 0.29) is 5.91 Å². The molecule has 0 unspecified atom stereocenters. The number of benzene rings is 1. The molecule has 0 aliphatic rings. The zero-order valence-corrected chi connectivity index (χ0v) is 14.4. The van der Waals surface area contributed by atoms with Gasteiger partial charge >= 0.3 is 0 Å². The average molecular weight is 342 g/mol. The van der Waals surface area contributed by atoms with E-state index in [0.29, 0.717) is 30.3 Å². The van der Waals surface area contributed by atoms with Gasteiger partial charge < -0.3 is 14.2 Å². The summed E-state index contributed by atoms with van der Waals surface area (Å²) in [7, 11) is 1.60. The standard InChI is InChI=1S/C18H18N2O3S/c1-3-20(12-13-7-6-10-24-13)18(21)15-11-17(23-19-15)14-8-4-5-9-16(14)22-2/h4-11H,3,12H2,1-2H3. The minimum atomic E-state index is -0.143. The van der Waals surface area contributed by atoms with E-state index in [1.165, 1.54) is 0 Å². The van der Waals surface area contributed by atoms with Crippen LogP contribution in [0.2, 0.25) is 0 Å². The number of thiophene rings is 1. The smallest absolute Gasteiger partial charge is 0.276 e. The quantitative estimate of drug-likeness (QED) is 0.677. The van der Waals surface area contributed by atoms with Crippen molar-refractivity contribution in [2.75, 3.05) is 13.7 Å². The minimum absolute atomic E-state index is 0.143.